The first-order valence-electron chi connectivity index (χ1n) is 5.77. The van der Waals surface area contributed by atoms with Crippen LogP contribution >= 0.6 is 0 Å². The van der Waals surface area contributed by atoms with E-state index in [4.69, 9.17) is 19.9 Å². The molecule has 1 spiro atoms. The molecule has 0 radical (unpaired) electrons. The number of hydrogen-bond acceptors (Lipinski definition) is 4. The molecule has 2 heterocycles. The smallest absolute Gasteiger partial charge is 0.173 e. The summed E-state index contributed by atoms with van der Waals surface area (Å²) in [7, 11) is 0. The lowest BCUT2D eigenvalue weighted by Crippen LogP contribution is -2.48. The quantitative estimate of drug-likeness (QED) is 0.747. The summed E-state index contributed by atoms with van der Waals surface area (Å²) in [6, 6.07) is 0. The van der Waals surface area contributed by atoms with Gasteiger partial charge in [0, 0.05) is 19.4 Å². The Kier molecular flexibility index (Phi) is 3.03. The van der Waals surface area contributed by atoms with Gasteiger partial charge in [-0.15, -0.1) is 0 Å². The Bertz CT molecular complexity index is 236. The van der Waals surface area contributed by atoms with E-state index in [2.05, 4.69) is 13.8 Å². The molecule has 0 amide bonds. The van der Waals surface area contributed by atoms with Crippen molar-refractivity contribution in [3.05, 3.63) is 0 Å². The zero-order valence-electron chi connectivity index (χ0n) is 9.62. The van der Waals surface area contributed by atoms with Crippen LogP contribution in [-0.4, -0.2) is 37.3 Å². The van der Waals surface area contributed by atoms with Gasteiger partial charge in [0.15, 0.2) is 5.79 Å². The van der Waals surface area contributed by atoms with Gasteiger partial charge >= 0.3 is 0 Å². The highest BCUT2D eigenvalue weighted by Crippen LogP contribution is 2.41. The Morgan fingerprint density at radius 2 is 2.20 bits per heavy atom. The molecule has 2 aliphatic rings. The third-order valence-corrected chi connectivity index (χ3v) is 3.50. The van der Waals surface area contributed by atoms with Crippen molar-refractivity contribution in [2.75, 3.05) is 19.8 Å². The minimum absolute atomic E-state index is 0.0595. The molecule has 3 atom stereocenters. The Morgan fingerprint density at radius 3 is 2.80 bits per heavy atom. The molecule has 2 aliphatic heterocycles. The number of nitrogens with two attached hydrogens (primary N) is 1. The molecule has 0 aromatic heterocycles. The van der Waals surface area contributed by atoms with E-state index in [1.807, 2.05) is 0 Å². The van der Waals surface area contributed by atoms with Crippen LogP contribution in [0.15, 0.2) is 0 Å². The van der Waals surface area contributed by atoms with E-state index in [-0.39, 0.29) is 11.7 Å². The predicted octanol–water partition coefficient (Wildman–Crippen LogP) is 1.04. The minimum Gasteiger partial charge on any atom is -0.375 e. The van der Waals surface area contributed by atoms with Crippen molar-refractivity contribution < 1.29 is 14.2 Å². The third-order valence-electron chi connectivity index (χ3n) is 3.50. The van der Waals surface area contributed by atoms with Crippen LogP contribution in [-0.2, 0) is 14.2 Å². The first-order chi connectivity index (χ1) is 7.11. The average molecular weight is 215 g/mol. The molecule has 3 unspecified atom stereocenters. The molecule has 0 aromatic carbocycles. The summed E-state index contributed by atoms with van der Waals surface area (Å²) < 4.78 is 17.5. The summed E-state index contributed by atoms with van der Waals surface area (Å²) in [6.45, 7) is 6.12. The summed E-state index contributed by atoms with van der Waals surface area (Å²) in [4.78, 5) is 0. The van der Waals surface area contributed by atoms with Crippen LogP contribution < -0.4 is 5.73 Å². The Labute approximate surface area is 91.1 Å². The second kappa shape index (κ2) is 4.01. The maximum atomic E-state index is 5.91. The van der Waals surface area contributed by atoms with Crippen molar-refractivity contribution in [2.24, 2.45) is 5.73 Å². The number of hydrogen-bond donors (Lipinski definition) is 1. The van der Waals surface area contributed by atoms with Crippen LogP contribution in [0.1, 0.15) is 33.1 Å². The van der Waals surface area contributed by atoms with Crippen molar-refractivity contribution >= 4 is 0 Å². The van der Waals surface area contributed by atoms with E-state index in [0.29, 0.717) is 19.8 Å². The van der Waals surface area contributed by atoms with Crippen LogP contribution in [0.25, 0.3) is 0 Å². The second-order valence-corrected chi connectivity index (χ2v) is 4.78. The maximum absolute atomic E-state index is 5.91. The summed E-state index contributed by atoms with van der Waals surface area (Å²) in [5.74, 6) is -0.424. The topological polar surface area (TPSA) is 53.7 Å². The molecule has 4 nitrogen and oxygen atoms in total. The highest BCUT2D eigenvalue weighted by molar-refractivity contribution is 4.91. The fourth-order valence-corrected chi connectivity index (χ4v) is 2.35. The highest BCUT2D eigenvalue weighted by atomic mass is 16.7. The molecule has 2 rings (SSSR count). The minimum atomic E-state index is -0.424. The molecule has 15 heavy (non-hydrogen) atoms. The Hall–Kier alpha value is -0.160. The lowest BCUT2D eigenvalue weighted by Gasteiger charge is -2.42. The first-order valence-corrected chi connectivity index (χ1v) is 5.77. The van der Waals surface area contributed by atoms with E-state index >= 15 is 0 Å². The van der Waals surface area contributed by atoms with Gasteiger partial charge in [0.2, 0.25) is 0 Å². The third kappa shape index (κ3) is 2.18. The predicted molar refractivity (Wildman–Crippen MR) is 56.5 cm³/mol. The monoisotopic (exact) mass is 215 g/mol. The van der Waals surface area contributed by atoms with E-state index in [1.165, 1.54) is 0 Å². The molecule has 4 heteroatoms. The molecule has 0 aliphatic carbocycles. The van der Waals surface area contributed by atoms with Crippen LogP contribution in [0.5, 0.6) is 0 Å². The van der Waals surface area contributed by atoms with Crippen molar-refractivity contribution in [3.63, 3.8) is 0 Å². The molecular weight excluding hydrogens is 194 g/mol. The van der Waals surface area contributed by atoms with E-state index in [9.17, 15) is 0 Å². The van der Waals surface area contributed by atoms with Crippen LogP contribution in [0, 0.1) is 0 Å². The van der Waals surface area contributed by atoms with Crippen LogP contribution in [0.4, 0.5) is 0 Å². The summed E-state index contributed by atoms with van der Waals surface area (Å²) in [6.07, 6.45) is 2.67. The van der Waals surface area contributed by atoms with Gasteiger partial charge in [-0.2, -0.15) is 0 Å². The molecule has 88 valence electrons. The van der Waals surface area contributed by atoms with Gasteiger partial charge in [-0.3, -0.25) is 0 Å². The zero-order chi connectivity index (χ0) is 10.9. The van der Waals surface area contributed by atoms with E-state index < -0.39 is 5.79 Å². The summed E-state index contributed by atoms with van der Waals surface area (Å²) in [5, 5.41) is 0. The zero-order valence-corrected chi connectivity index (χ0v) is 9.62. The van der Waals surface area contributed by atoms with Gasteiger partial charge < -0.3 is 19.9 Å². The van der Waals surface area contributed by atoms with Crippen LogP contribution in [0.3, 0.4) is 0 Å². The van der Waals surface area contributed by atoms with Crippen molar-refractivity contribution in [1.82, 2.24) is 0 Å². The lowest BCUT2D eigenvalue weighted by atomic mass is 9.89. The normalized spacial score (nSPS) is 46.2. The van der Waals surface area contributed by atoms with Gasteiger partial charge in [-0.25, -0.2) is 0 Å². The van der Waals surface area contributed by atoms with Gasteiger partial charge in [0.1, 0.15) is 0 Å². The van der Waals surface area contributed by atoms with Gasteiger partial charge in [-0.05, 0) is 13.3 Å². The molecule has 2 saturated heterocycles. The first kappa shape index (κ1) is 11.3. The van der Waals surface area contributed by atoms with E-state index in [0.717, 1.165) is 19.3 Å². The molecule has 2 N–H and O–H groups in total. The van der Waals surface area contributed by atoms with Crippen molar-refractivity contribution in [3.8, 4) is 0 Å². The molecule has 0 aromatic rings. The SMILES string of the molecule is CCC1(C)CC2(CCO1)OCC(CN)O2. The fourth-order valence-electron chi connectivity index (χ4n) is 2.35. The fraction of sp³-hybridized carbons (Fsp3) is 1.00. The van der Waals surface area contributed by atoms with Crippen LogP contribution in [0.2, 0.25) is 0 Å². The van der Waals surface area contributed by atoms with Gasteiger partial charge in [0.05, 0.1) is 24.9 Å². The van der Waals surface area contributed by atoms with Gasteiger partial charge in [0.25, 0.3) is 0 Å². The molecule has 0 saturated carbocycles. The Morgan fingerprint density at radius 1 is 1.40 bits per heavy atom. The standard InChI is InChI=1S/C11H21NO3/c1-3-10(2)8-11(4-5-13-10)14-7-9(6-12)15-11/h9H,3-8,12H2,1-2H3. The molecular formula is C11H21NO3. The summed E-state index contributed by atoms with van der Waals surface area (Å²) >= 11 is 0. The van der Waals surface area contributed by atoms with Gasteiger partial charge in [-0.1, -0.05) is 6.92 Å². The number of rotatable bonds is 2. The van der Waals surface area contributed by atoms with Crippen molar-refractivity contribution in [2.45, 2.75) is 50.6 Å². The highest BCUT2D eigenvalue weighted by Gasteiger charge is 2.48. The largest absolute Gasteiger partial charge is 0.375 e. The summed E-state index contributed by atoms with van der Waals surface area (Å²) in [5.41, 5.74) is 5.48. The van der Waals surface area contributed by atoms with Crippen molar-refractivity contribution in [1.29, 1.82) is 0 Å². The molecule has 2 fully saturated rings. The lowest BCUT2D eigenvalue weighted by molar-refractivity contribution is -0.251. The maximum Gasteiger partial charge on any atom is 0.173 e. The Balaban J connectivity index is 2.03. The number of ether oxygens (including phenoxy) is 3. The molecule has 0 bridgehead atoms. The van der Waals surface area contributed by atoms with E-state index in [1.54, 1.807) is 0 Å². The average Bonchev–Trinajstić information content (AvgIpc) is 2.61. The second-order valence-electron chi connectivity index (χ2n) is 4.78.